The number of hydrogen-bond acceptors (Lipinski definition) is 2. The zero-order valence-corrected chi connectivity index (χ0v) is 15.3. The van der Waals surface area contributed by atoms with E-state index in [-0.39, 0.29) is 7.92 Å². The van der Waals surface area contributed by atoms with Crippen LogP contribution in [0.5, 0.6) is 0 Å². The zero-order valence-electron chi connectivity index (χ0n) is 14.4. The van der Waals surface area contributed by atoms with E-state index in [1.807, 2.05) is 0 Å². The van der Waals surface area contributed by atoms with E-state index in [4.69, 9.17) is 0 Å². The summed E-state index contributed by atoms with van der Waals surface area (Å²) in [4.78, 5) is 0. The average molecular weight is 321 g/mol. The van der Waals surface area contributed by atoms with Gasteiger partial charge in [0.25, 0.3) is 0 Å². The van der Waals surface area contributed by atoms with Crippen molar-refractivity contribution >= 4 is 7.92 Å². The number of rotatable bonds is 5. The minimum atomic E-state index is 0.0813. The summed E-state index contributed by atoms with van der Waals surface area (Å²) in [7, 11) is 0.0813. The van der Waals surface area contributed by atoms with Crippen molar-refractivity contribution in [2.75, 3.05) is 0 Å². The first-order chi connectivity index (χ1) is 10.7. The molecule has 0 atom stereocenters. The summed E-state index contributed by atoms with van der Waals surface area (Å²) in [5.74, 6) is 0.490. The van der Waals surface area contributed by atoms with Crippen LogP contribution in [0.1, 0.15) is 89.7 Å². The van der Waals surface area contributed by atoms with Crippen LogP contribution in [0.25, 0.3) is 0 Å². The van der Waals surface area contributed by atoms with Crippen molar-refractivity contribution in [1.82, 2.24) is 15.0 Å². The van der Waals surface area contributed by atoms with Gasteiger partial charge in [0.1, 0.15) is 0 Å². The number of nitrogens with zero attached hydrogens (tertiary/aromatic N) is 3. The van der Waals surface area contributed by atoms with Crippen molar-refractivity contribution in [1.29, 1.82) is 0 Å². The normalized spacial score (nSPS) is 21.8. The molecule has 4 heteroatoms. The molecular formula is C18H32N3P. The van der Waals surface area contributed by atoms with Gasteiger partial charge in [0.15, 0.2) is 0 Å². The van der Waals surface area contributed by atoms with Crippen LogP contribution in [0.15, 0.2) is 6.20 Å². The molecule has 0 aliphatic heterocycles. The van der Waals surface area contributed by atoms with Crippen LogP contribution >= 0.6 is 7.92 Å². The molecule has 1 heterocycles. The lowest BCUT2D eigenvalue weighted by molar-refractivity contribution is 0.479. The lowest BCUT2D eigenvalue weighted by atomic mass is 9.99. The van der Waals surface area contributed by atoms with Crippen molar-refractivity contribution < 1.29 is 0 Å². The number of hydrogen-bond donors (Lipinski definition) is 0. The molecule has 1 aromatic rings. The van der Waals surface area contributed by atoms with Crippen molar-refractivity contribution in [3.8, 4) is 0 Å². The van der Waals surface area contributed by atoms with Crippen LogP contribution in [0, 0.1) is 0 Å². The van der Waals surface area contributed by atoms with Crippen LogP contribution in [0.4, 0.5) is 0 Å². The van der Waals surface area contributed by atoms with Crippen LogP contribution in [-0.4, -0.2) is 26.3 Å². The molecule has 0 bridgehead atoms. The minimum Gasteiger partial charge on any atom is -0.248 e. The van der Waals surface area contributed by atoms with Gasteiger partial charge in [-0.2, -0.15) is 0 Å². The molecule has 22 heavy (non-hydrogen) atoms. The average Bonchev–Trinajstić information content (AvgIpc) is 3.03. The largest absolute Gasteiger partial charge is 0.248 e. The predicted octanol–water partition coefficient (Wildman–Crippen LogP) is 5.51. The Morgan fingerprint density at radius 1 is 1.00 bits per heavy atom. The molecule has 1 aromatic heterocycles. The van der Waals surface area contributed by atoms with E-state index in [1.54, 1.807) is 0 Å². The lowest BCUT2D eigenvalue weighted by Gasteiger charge is -2.38. The molecule has 0 aromatic carbocycles. The maximum Gasteiger partial charge on any atom is 0.0852 e. The van der Waals surface area contributed by atoms with Crippen LogP contribution in [0.2, 0.25) is 0 Å². The number of aromatic nitrogens is 3. The van der Waals surface area contributed by atoms with Gasteiger partial charge in [-0.3, -0.25) is 0 Å². The van der Waals surface area contributed by atoms with Crippen LogP contribution in [-0.2, 0) is 6.29 Å². The van der Waals surface area contributed by atoms with Gasteiger partial charge in [-0.15, -0.1) is 5.10 Å². The molecule has 0 spiro atoms. The van der Waals surface area contributed by atoms with Crippen molar-refractivity contribution in [2.45, 2.75) is 102 Å². The third kappa shape index (κ3) is 4.10. The summed E-state index contributed by atoms with van der Waals surface area (Å²) in [5, 5.41) is 8.83. The summed E-state index contributed by atoms with van der Waals surface area (Å²) in [6, 6.07) is 0. The molecule has 0 radical (unpaired) electrons. The van der Waals surface area contributed by atoms with Gasteiger partial charge in [-0.1, -0.05) is 65.5 Å². The Balaban J connectivity index is 1.71. The second-order valence-corrected chi connectivity index (χ2v) is 10.3. The van der Waals surface area contributed by atoms with E-state index in [0.29, 0.717) is 5.92 Å². The topological polar surface area (TPSA) is 30.7 Å². The Bertz CT molecular complexity index is 427. The fourth-order valence-electron chi connectivity index (χ4n) is 4.17. The van der Waals surface area contributed by atoms with Crippen molar-refractivity contribution in [3.05, 3.63) is 11.9 Å². The summed E-state index contributed by atoms with van der Waals surface area (Å²) >= 11 is 0. The molecule has 2 fully saturated rings. The molecule has 0 N–H and O–H groups in total. The fraction of sp³-hybridized carbons (Fsp3) is 0.889. The first-order valence-corrected chi connectivity index (χ1v) is 11.1. The highest BCUT2D eigenvalue weighted by Gasteiger charge is 2.31. The van der Waals surface area contributed by atoms with Gasteiger partial charge in [-0.05, 0) is 42.9 Å². The van der Waals surface area contributed by atoms with E-state index in [1.165, 1.54) is 70.5 Å². The SMILES string of the molecule is CC(C)c1cn(CP(C2CCCCC2)C2CCCCC2)nn1. The first-order valence-electron chi connectivity index (χ1n) is 9.40. The zero-order chi connectivity index (χ0) is 15.4. The van der Waals surface area contributed by atoms with Crippen LogP contribution in [0.3, 0.4) is 0 Å². The lowest BCUT2D eigenvalue weighted by Crippen LogP contribution is -2.23. The molecule has 3 rings (SSSR count). The van der Waals surface area contributed by atoms with E-state index in [2.05, 4.69) is 35.0 Å². The molecule has 3 nitrogen and oxygen atoms in total. The Hall–Kier alpha value is -0.430. The van der Waals surface area contributed by atoms with Crippen molar-refractivity contribution in [3.63, 3.8) is 0 Å². The third-order valence-electron chi connectivity index (χ3n) is 5.54. The van der Waals surface area contributed by atoms with Gasteiger partial charge in [0.2, 0.25) is 0 Å². The van der Waals surface area contributed by atoms with Gasteiger partial charge in [0, 0.05) is 6.20 Å². The van der Waals surface area contributed by atoms with Crippen molar-refractivity contribution in [2.24, 2.45) is 0 Å². The maximum absolute atomic E-state index is 4.45. The molecule has 124 valence electrons. The van der Waals surface area contributed by atoms with E-state index >= 15 is 0 Å². The maximum atomic E-state index is 4.45. The smallest absolute Gasteiger partial charge is 0.0852 e. The van der Waals surface area contributed by atoms with Gasteiger partial charge in [-0.25, -0.2) is 4.68 Å². The van der Waals surface area contributed by atoms with Gasteiger partial charge in [0.05, 0.1) is 12.0 Å². The second kappa shape index (κ2) is 7.90. The second-order valence-electron chi connectivity index (χ2n) is 7.58. The summed E-state index contributed by atoms with van der Waals surface area (Å²) < 4.78 is 2.18. The quantitative estimate of drug-likeness (QED) is 0.670. The van der Waals surface area contributed by atoms with Gasteiger partial charge >= 0.3 is 0 Å². The Morgan fingerprint density at radius 3 is 2.00 bits per heavy atom. The third-order valence-corrected chi connectivity index (χ3v) is 9.07. The first kappa shape index (κ1) is 16.4. The highest BCUT2D eigenvalue weighted by Crippen LogP contribution is 2.56. The van der Waals surface area contributed by atoms with E-state index in [9.17, 15) is 0 Å². The highest BCUT2D eigenvalue weighted by molar-refractivity contribution is 7.58. The Labute approximate surface area is 137 Å². The fourth-order valence-corrected chi connectivity index (χ4v) is 7.76. The predicted molar refractivity (Wildman–Crippen MR) is 94.8 cm³/mol. The van der Waals surface area contributed by atoms with E-state index in [0.717, 1.165) is 17.0 Å². The Morgan fingerprint density at radius 2 is 1.55 bits per heavy atom. The molecule has 2 aliphatic rings. The van der Waals surface area contributed by atoms with Gasteiger partial charge < -0.3 is 0 Å². The molecule has 2 aliphatic carbocycles. The van der Waals surface area contributed by atoms with Crippen LogP contribution < -0.4 is 0 Å². The molecule has 0 amide bonds. The summed E-state index contributed by atoms with van der Waals surface area (Å²) in [6.45, 7) is 4.42. The summed E-state index contributed by atoms with van der Waals surface area (Å²) in [6.07, 6.45) is 18.1. The monoisotopic (exact) mass is 321 g/mol. The van der Waals surface area contributed by atoms with E-state index < -0.39 is 0 Å². The highest BCUT2D eigenvalue weighted by atomic mass is 31.1. The molecular weight excluding hydrogens is 289 g/mol. The minimum absolute atomic E-state index is 0.0813. The summed E-state index contributed by atoms with van der Waals surface area (Å²) in [5.41, 5.74) is 3.15. The Kier molecular flexibility index (Phi) is 5.90. The molecule has 2 saturated carbocycles. The molecule has 0 saturated heterocycles. The molecule has 0 unspecified atom stereocenters. The standard InChI is InChI=1S/C18H32N3P/c1-15(2)18-13-21(20-19-18)14-22(16-9-5-3-6-10-16)17-11-7-4-8-12-17/h13,15-17H,3-12,14H2,1-2H3.